The Morgan fingerprint density at radius 2 is 1.88 bits per heavy atom. The summed E-state index contributed by atoms with van der Waals surface area (Å²) in [5, 5.41) is 2.43. The first kappa shape index (κ1) is 25.3. The molecule has 2 aromatic rings. The van der Waals surface area contributed by atoms with Crippen LogP contribution in [0.3, 0.4) is 0 Å². The molecule has 3 rings (SSSR count). The Bertz CT molecular complexity index is 1140. The number of benzene rings is 1. The average molecular weight is 487 g/mol. The molecule has 1 aromatic heterocycles. The van der Waals surface area contributed by atoms with E-state index < -0.39 is 58.9 Å². The zero-order valence-electron chi connectivity index (χ0n) is 18.6. The molecule has 0 bridgehead atoms. The number of anilines is 1. The first-order valence-corrected chi connectivity index (χ1v) is 10.1. The van der Waals surface area contributed by atoms with Crippen molar-refractivity contribution in [1.82, 2.24) is 4.98 Å². The van der Waals surface area contributed by atoms with E-state index in [4.69, 9.17) is 15.2 Å². The van der Waals surface area contributed by atoms with E-state index >= 15 is 0 Å². The number of carbonyl (C=O) groups excluding carboxylic acids is 2. The minimum atomic E-state index is -4.89. The van der Waals surface area contributed by atoms with Crippen LogP contribution in [0.15, 0.2) is 24.4 Å². The molecule has 1 fully saturated rings. The minimum Gasteiger partial charge on any atom is -0.493 e. The van der Waals surface area contributed by atoms with Gasteiger partial charge in [0, 0.05) is 34.8 Å². The van der Waals surface area contributed by atoms with Crippen molar-refractivity contribution >= 4 is 17.5 Å². The number of aromatic nitrogens is 1. The SMILES string of the molecule is COc1c([C@H]2[C@@H](C)[C@](C)(C(F)(F)F)O[C@H]2C(=O)Nc2ccnc(C(N)=O)c2C)ccc(F)c1F. The van der Waals surface area contributed by atoms with E-state index in [1.165, 1.54) is 26.1 Å². The number of hydrogen-bond donors (Lipinski definition) is 2. The van der Waals surface area contributed by atoms with Gasteiger partial charge < -0.3 is 20.5 Å². The molecular formula is C22H22F5N3O4. The molecule has 0 unspecified atom stereocenters. The molecule has 0 aliphatic carbocycles. The normalized spacial score (nSPS) is 24.7. The van der Waals surface area contributed by atoms with Crippen LogP contribution >= 0.6 is 0 Å². The van der Waals surface area contributed by atoms with Crippen molar-refractivity contribution in [2.24, 2.45) is 11.7 Å². The molecule has 12 heteroatoms. The Hall–Kier alpha value is -3.28. The van der Waals surface area contributed by atoms with Crippen molar-refractivity contribution in [3.05, 3.63) is 52.9 Å². The highest BCUT2D eigenvalue weighted by Gasteiger charge is 2.65. The first-order valence-electron chi connectivity index (χ1n) is 10.1. The van der Waals surface area contributed by atoms with Gasteiger partial charge in [0.05, 0.1) is 7.11 Å². The predicted molar refractivity (Wildman–Crippen MR) is 110 cm³/mol. The number of carbonyl (C=O) groups is 2. The van der Waals surface area contributed by atoms with Crippen LogP contribution in [0.2, 0.25) is 0 Å². The highest BCUT2D eigenvalue weighted by molar-refractivity contribution is 5.99. The zero-order valence-corrected chi connectivity index (χ0v) is 18.6. The molecule has 0 saturated carbocycles. The molecule has 3 N–H and O–H groups in total. The van der Waals surface area contributed by atoms with Gasteiger partial charge in [0.15, 0.2) is 17.2 Å². The van der Waals surface area contributed by atoms with Crippen LogP contribution in [0.25, 0.3) is 0 Å². The second-order valence-corrected chi connectivity index (χ2v) is 8.13. The summed E-state index contributed by atoms with van der Waals surface area (Å²) in [6.07, 6.45) is -5.47. The fourth-order valence-electron chi connectivity index (χ4n) is 4.16. The second-order valence-electron chi connectivity index (χ2n) is 8.13. The van der Waals surface area contributed by atoms with Crippen LogP contribution in [0.5, 0.6) is 5.75 Å². The largest absolute Gasteiger partial charge is 0.493 e. The lowest BCUT2D eigenvalue weighted by Crippen LogP contribution is -2.47. The third kappa shape index (κ3) is 4.06. The van der Waals surface area contributed by atoms with Crippen molar-refractivity contribution in [3.63, 3.8) is 0 Å². The van der Waals surface area contributed by atoms with Crippen molar-refractivity contribution in [3.8, 4) is 5.75 Å². The highest BCUT2D eigenvalue weighted by atomic mass is 19.4. The maximum Gasteiger partial charge on any atom is 0.417 e. The fraction of sp³-hybridized carbons (Fsp3) is 0.409. The summed E-state index contributed by atoms with van der Waals surface area (Å²) in [7, 11) is 1.03. The third-order valence-corrected chi connectivity index (χ3v) is 6.27. The standard InChI is InChI=1S/C22H22F5N3O4/c1-9-13(7-8-29-16(9)19(28)31)30-20(32)18-14(10(2)21(3,34-18)22(25,26)27)11-5-6-12(23)15(24)17(11)33-4/h5-8,10,14,18H,1-4H3,(H2,28,31)(H,29,30,32)/t10-,14-,18-,21-/m1/s1. The number of amides is 2. The van der Waals surface area contributed by atoms with Gasteiger partial charge in [0.1, 0.15) is 11.8 Å². The molecule has 0 spiro atoms. The smallest absolute Gasteiger partial charge is 0.417 e. The molecule has 1 aliphatic rings. The van der Waals surface area contributed by atoms with Crippen molar-refractivity contribution in [1.29, 1.82) is 0 Å². The Morgan fingerprint density at radius 1 is 1.24 bits per heavy atom. The Balaban J connectivity index is 2.11. The van der Waals surface area contributed by atoms with Gasteiger partial charge in [-0.3, -0.25) is 14.6 Å². The molecule has 1 aliphatic heterocycles. The maximum atomic E-state index is 14.4. The molecular weight excluding hydrogens is 465 g/mol. The molecule has 1 aromatic carbocycles. The number of rotatable bonds is 5. The van der Waals surface area contributed by atoms with Crippen molar-refractivity contribution in [2.45, 2.75) is 44.6 Å². The number of primary amides is 1. The summed E-state index contributed by atoms with van der Waals surface area (Å²) >= 11 is 0. The van der Waals surface area contributed by atoms with Crippen LogP contribution in [0, 0.1) is 24.5 Å². The Morgan fingerprint density at radius 3 is 2.44 bits per heavy atom. The average Bonchev–Trinajstić information content (AvgIpc) is 3.03. The molecule has 34 heavy (non-hydrogen) atoms. The van der Waals surface area contributed by atoms with Crippen molar-refractivity contribution < 1.29 is 41.0 Å². The van der Waals surface area contributed by atoms with Crippen LogP contribution in [-0.4, -0.2) is 41.8 Å². The fourth-order valence-corrected chi connectivity index (χ4v) is 4.16. The van der Waals surface area contributed by atoms with E-state index in [1.54, 1.807) is 0 Å². The highest BCUT2D eigenvalue weighted by Crippen LogP contribution is 2.55. The second kappa shape index (κ2) is 8.82. The van der Waals surface area contributed by atoms with Gasteiger partial charge in [-0.05, 0) is 26.0 Å². The Labute approximate surface area is 191 Å². The number of nitrogens with zero attached hydrogens (tertiary/aromatic N) is 1. The van der Waals surface area contributed by atoms with Gasteiger partial charge in [0.2, 0.25) is 5.82 Å². The molecule has 7 nitrogen and oxygen atoms in total. The topological polar surface area (TPSA) is 104 Å². The number of halogens is 5. The lowest BCUT2D eigenvalue weighted by Gasteiger charge is -2.32. The van der Waals surface area contributed by atoms with E-state index in [0.717, 1.165) is 26.2 Å². The van der Waals surface area contributed by atoms with Crippen molar-refractivity contribution in [2.75, 3.05) is 12.4 Å². The molecule has 2 amide bonds. The lowest BCUT2D eigenvalue weighted by atomic mass is 9.77. The number of alkyl halides is 3. The molecule has 0 radical (unpaired) electrons. The summed E-state index contributed by atoms with van der Waals surface area (Å²) in [4.78, 5) is 28.5. The quantitative estimate of drug-likeness (QED) is 0.624. The van der Waals surface area contributed by atoms with E-state index in [2.05, 4.69) is 10.3 Å². The van der Waals surface area contributed by atoms with E-state index in [-0.39, 0.29) is 22.5 Å². The molecule has 1 saturated heterocycles. The monoisotopic (exact) mass is 487 g/mol. The molecule has 4 atom stereocenters. The van der Waals surface area contributed by atoms with E-state index in [1.807, 2.05) is 0 Å². The van der Waals surface area contributed by atoms with Gasteiger partial charge in [-0.15, -0.1) is 0 Å². The first-order chi connectivity index (χ1) is 15.7. The summed E-state index contributed by atoms with van der Waals surface area (Å²) in [6.45, 7) is 3.43. The molecule has 2 heterocycles. The van der Waals surface area contributed by atoms with E-state index in [0.29, 0.717) is 0 Å². The van der Waals surface area contributed by atoms with Crippen LogP contribution in [-0.2, 0) is 9.53 Å². The number of nitrogens with one attached hydrogen (secondary N) is 1. The van der Waals surface area contributed by atoms with Gasteiger partial charge in [-0.2, -0.15) is 17.6 Å². The number of pyridine rings is 1. The van der Waals surface area contributed by atoms with E-state index in [9.17, 15) is 31.5 Å². The number of ether oxygens (including phenoxy) is 2. The minimum absolute atomic E-state index is 0.0710. The van der Waals surface area contributed by atoms with Crippen LogP contribution < -0.4 is 15.8 Å². The third-order valence-electron chi connectivity index (χ3n) is 6.27. The predicted octanol–water partition coefficient (Wildman–Crippen LogP) is 3.85. The lowest BCUT2D eigenvalue weighted by molar-refractivity contribution is -0.272. The van der Waals surface area contributed by atoms with Gasteiger partial charge in [-0.1, -0.05) is 13.0 Å². The number of hydrogen-bond acceptors (Lipinski definition) is 5. The molecule has 184 valence electrons. The summed E-state index contributed by atoms with van der Waals surface area (Å²) in [5.41, 5.74) is 2.42. The van der Waals surface area contributed by atoms with Gasteiger partial charge in [0.25, 0.3) is 11.8 Å². The number of methoxy groups -OCH3 is 1. The summed E-state index contributed by atoms with van der Waals surface area (Å²) in [5.74, 6) is -7.92. The summed E-state index contributed by atoms with van der Waals surface area (Å²) < 4.78 is 80.4. The van der Waals surface area contributed by atoms with Gasteiger partial charge in [-0.25, -0.2) is 4.39 Å². The zero-order chi connectivity index (χ0) is 25.6. The van der Waals surface area contributed by atoms with Gasteiger partial charge >= 0.3 is 6.18 Å². The maximum absolute atomic E-state index is 14.4. The van der Waals surface area contributed by atoms with Crippen LogP contribution in [0.4, 0.5) is 27.6 Å². The number of nitrogens with two attached hydrogens (primary N) is 1. The Kier molecular flexibility index (Phi) is 6.57. The summed E-state index contributed by atoms with van der Waals surface area (Å²) in [6, 6.07) is 3.13. The van der Waals surface area contributed by atoms with Crippen LogP contribution in [0.1, 0.15) is 41.4 Å².